The molecule has 0 amide bonds. The van der Waals surface area contributed by atoms with Crippen molar-refractivity contribution in [1.29, 1.82) is 0 Å². The first-order chi connectivity index (χ1) is 7.99. The number of aromatic carboxylic acids is 1. The van der Waals surface area contributed by atoms with E-state index in [4.69, 9.17) is 16.7 Å². The second-order valence-corrected chi connectivity index (χ2v) is 4.20. The smallest absolute Gasteiger partial charge is 0.335 e. The van der Waals surface area contributed by atoms with Gasteiger partial charge in [0.15, 0.2) is 0 Å². The third-order valence-corrected chi connectivity index (χ3v) is 2.80. The summed E-state index contributed by atoms with van der Waals surface area (Å²) in [6, 6.07) is 4.58. The number of hydrogen-bond donors (Lipinski definition) is 2. The molecule has 5 heteroatoms. The van der Waals surface area contributed by atoms with Crippen molar-refractivity contribution in [1.82, 2.24) is 9.97 Å². The maximum Gasteiger partial charge on any atom is 0.335 e. The molecule has 0 bridgehead atoms. The number of aromatic nitrogens is 2. The molecular formula is C12H11ClN2O2. The number of aryl methyl sites for hydroxylation is 2. The predicted molar refractivity (Wildman–Crippen MR) is 65.5 cm³/mol. The Balaban J connectivity index is 2.62. The molecule has 0 spiro atoms. The first kappa shape index (κ1) is 11.7. The second kappa shape index (κ2) is 4.22. The molecule has 1 aromatic carbocycles. The van der Waals surface area contributed by atoms with Crippen LogP contribution in [0.5, 0.6) is 0 Å². The number of rotatable bonds is 2. The molecule has 2 rings (SSSR count). The fraction of sp³-hybridized carbons (Fsp3) is 0.167. The highest BCUT2D eigenvalue weighted by Crippen LogP contribution is 2.29. The summed E-state index contributed by atoms with van der Waals surface area (Å²) in [6.07, 6.45) is 0. The van der Waals surface area contributed by atoms with Gasteiger partial charge in [-0.1, -0.05) is 11.6 Å². The van der Waals surface area contributed by atoms with E-state index in [0.29, 0.717) is 16.3 Å². The number of hydrogen-bond acceptors (Lipinski definition) is 2. The molecular weight excluding hydrogens is 240 g/mol. The monoisotopic (exact) mass is 250 g/mol. The highest BCUT2D eigenvalue weighted by Gasteiger charge is 2.13. The maximum absolute atomic E-state index is 10.9. The van der Waals surface area contributed by atoms with E-state index in [0.717, 1.165) is 11.5 Å². The molecule has 88 valence electrons. The van der Waals surface area contributed by atoms with Crippen molar-refractivity contribution in [3.63, 3.8) is 0 Å². The van der Waals surface area contributed by atoms with Gasteiger partial charge in [0.05, 0.1) is 16.3 Å². The standard InChI is InChI=1S/C12H11ClN2O2/c1-6-11(15-7(2)14-6)9-5-8(12(16)17)3-4-10(9)13/h3-5H,1-2H3,(H,14,15)(H,16,17). The highest BCUT2D eigenvalue weighted by molar-refractivity contribution is 6.33. The Morgan fingerprint density at radius 2 is 2.12 bits per heavy atom. The summed E-state index contributed by atoms with van der Waals surface area (Å²) in [4.78, 5) is 18.3. The second-order valence-electron chi connectivity index (χ2n) is 3.80. The van der Waals surface area contributed by atoms with Gasteiger partial charge in [-0.15, -0.1) is 0 Å². The summed E-state index contributed by atoms with van der Waals surface area (Å²) in [6.45, 7) is 3.71. The summed E-state index contributed by atoms with van der Waals surface area (Å²) >= 11 is 6.07. The molecule has 0 unspecified atom stereocenters. The van der Waals surface area contributed by atoms with Crippen molar-refractivity contribution in [3.05, 3.63) is 40.3 Å². The first-order valence-electron chi connectivity index (χ1n) is 5.05. The first-order valence-corrected chi connectivity index (χ1v) is 5.43. The Morgan fingerprint density at radius 3 is 2.65 bits per heavy atom. The molecule has 0 saturated carbocycles. The van der Waals surface area contributed by atoms with Crippen molar-refractivity contribution in [2.75, 3.05) is 0 Å². The largest absolute Gasteiger partial charge is 0.478 e. The minimum atomic E-state index is -0.979. The quantitative estimate of drug-likeness (QED) is 0.861. The van der Waals surface area contributed by atoms with E-state index >= 15 is 0 Å². The van der Waals surface area contributed by atoms with Crippen LogP contribution in [-0.2, 0) is 0 Å². The van der Waals surface area contributed by atoms with Crippen LogP contribution in [0, 0.1) is 13.8 Å². The van der Waals surface area contributed by atoms with Gasteiger partial charge in [-0.2, -0.15) is 0 Å². The van der Waals surface area contributed by atoms with Crippen molar-refractivity contribution in [2.45, 2.75) is 13.8 Å². The van der Waals surface area contributed by atoms with Crippen molar-refractivity contribution in [2.24, 2.45) is 0 Å². The molecule has 0 aliphatic rings. The van der Waals surface area contributed by atoms with Crippen LogP contribution in [0.4, 0.5) is 0 Å². The number of halogens is 1. The van der Waals surface area contributed by atoms with Crippen LogP contribution < -0.4 is 0 Å². The number of imidazole rings is 1. The number of carboxylic acids is 1. The summed E-state index contributed by atoms with van der Waals surface area (Å²) in [5.41, 5.74) is 2.39. The predicted octanol–water partition coefficient (Wildman–Crippen LogP) is 3.05. The lowest BCUT2D eigenvalue weighted by Crippen LogP contribution is -1.96. The summed E-state index contributed by atoms with van der Waals surface area (Å²) in [5.74, 6) is -0.206. The van der Waals surface area contributed by atoms with Crippen LogP contribution in [0.1, 0.15) is 21.9 Å². The van der Waals surface area contributed by atoms with E-state index < -0.39 is 5.97 Å². The molecule has 0 atom stereocenters. The molecule has 0 saturated heterocycles. The fourth-order valence-corrected chi connectivity index (χ4v) is 1.92. The van der Waals surface area contributed by atoms with Gasteiger partial charge in [-0.25, -0.2) is 9.78 Å². The lowest BCUT2D eigenvalue weighted by molar-refractivity contribution is 0.0697. The zero-order valence-electron chi connectivity index (χ0n) is 9.41. The third-order valence-electron chi connectivity index (χ3n) is 2.47. The van der Waals surface area contributed by atoms with Gasteiger partial charge in [0.25, 0.3) is 0 Å². The van der Waals surface area contributed by atoms with Gasteiger partial charge < -0.3 is 10.1 Å². The average Bonchev–Trinajstić information content (AvgIpc) is 2.58. The number of benzene rings is 1. The molecule has 2 aromatic rings. The molecule has 0 aliphatic heterocycles. The van der Waals surface area contributed by atoms with Gasteiger partial charge in [0.2, 0.25) is 0 Å². The topological polar surface area (TPSA) is 66.0 Å². The number of nitrogens with one attached hydrogen (secondary N) is 1. The summed E-state index contributed by atoms with van der Waals surface area (Å²) in [5, 5.41) is 9.44. The Labute approximate surface area is 103 Å². The minimum absolute atomic E-state index is 0.199. The molecule has 2 N–H and O–H groups in total. The number of carbonyl (C=O) groups is 1. The summed E-state index contributed by atoms with van der Waals surface area (Å²) in [7, 11) is 0. The lowest BCUT2D eigenvalue weighted by Gasteiger charge is -2.03. The van der Waals surface area contributed by atoms with Gasteiger partial charge in [0, 0.05) is 11.3 Å². The molecule has 1 aromatic heterocycles. The van der Waals surface area contributed by atoms with E-state index in [1.165, 1.54) is 12.1 Å². The van der Waals surface area contributed by atoms with E-state index in [-0.39, 0.29) is 5.56 Å². The van der Waals surface area contributed by atoms with E-state index in [2.05, 4.69) is 9.97 Å². The van der Waals surface area contributed by atoms with Gasteiger partial charge in [-0.3, -0.25) is 0 Å². The van der Waals surface area contributed by atoms with E-state index in [1.54, 1.807) is 6.07 Å². The van der Waals surface area contributed by atoms with Crippen LogP contribution in [0.3, 0.4) is 0 Å². The van der Waals surface area contributed by atoms with E-state index in [1.807, 2.05) is 13.8 Å². The molecule has 1 heterocycles. The Kier molecular flexibility index (Phi) is 2.90. The molecule has 0 aliphatic carbocycles. The normalized spacial score (nSPS) is 10.5. The SMILES string of the molecule is Cc1nc(-c2cc(C(=O)O)ccc2Cl)c(C)[nH]1. The van der Waals surface area contributed by atoms with Gasteiger partial charge in [0.1, 0.15) is 5.82 Å². The molecule has 17 heavy (non-hydrogen) atoms. The molecule has 0 radical (unpaired) electrons. The number of carboxylic acid groups (broad SMARTS) is 1. The van der Waals surface area contributed by atoms with E-state index in [9.17, 15) is 4.79 Å². The lowest BCUT2D eigenvalue weighted by atomic mass is 10.1. The number of H-pyrrole nitrogens is 1. The third kappa shape index (κ3) is 2.17. The van der Waals surface area contributed by atoms with Crippen molar-refractivity contribution in [3.8, 4) is 11.3 Å². The Morgan fingerprint density at radius 1 is 1.41 bits per heavy atom. The number of nitrogens with zero attached hydrogens (tertiary/aromatic N) is 1. The Bertz CT molecular complexity index is 590. The highest BCUT2D eigenvalue weighted by atomic mass is 35.5. The van der Waals surface area contributed by atoms with Crippen molar-refractivity contribution >= 4 is 17.6 Å². The van der Waals surface area contributed by atoms with Crippen LogP contribution in [-0.4, -0.2) is 21.0 Å². The van der Waals surface area contributed by atoms with Gasteiger partial charge >= 0.3 is 5.97 Å². The zero-order valence-corrected chi connectivity index (χ0v) is 10.2. The average molecular weight is 251 g/mol. The zero-order chi connectivity index (χ0) is 12.6. The fourth-order valence-electron chi connectivity index (χ4n) is 1.71. The summed E-state index contributed by atoms with van der Waals surface area (Å²) < 4.78 is 0. The number of aromatic amines is 1. The van der Waals surface area contributed by atoms with Crippen molar-refractivity contribution < 1.29 is 9.90 Å². The van der Waals surface area contributed by atoms with Crippen LogP contribution >= 0.6 is 11.6 Å². The van der Waals surface area contributed by atoms with Crippen LogP contribution in [0.15, 0.2) is 18.2 Å². The molecule has 4 nitrogen and oxygen atoms in total. The van der Waals surface area contributed by atoms with Crippen LogP contribution in [0.25, 0.3) is 11.3 Å². The van der Waals surface area contributed by atoms with Crippen LogP contribution in [0.2, 0.25) is 5.02 Å². The molecule has 0 fully saturated rings. The minimum Gasteiger partial charge on any atom is -0.478 e. The van der Waals surface area contributed by atoms with Gasteiger partial charge in [-0.05, 0) is 32.0 Å². The maximum atomic E-state index is 10.9. The Hall–Kier alpha value is -1.81.